The number of hydrogen-bond donors (Lipinski definition) is 2. The summed E-state index contributed by atoms with van der Waals surface area (Å²) >= 11 is 3.35. The van der Waals surface area contributed by atoms with Crippen LogP contribution in [0.5, 0.6) is 0 Å². The normalized spacial score (nSPS) is 27.3. The molecule has 2 rings (SSSR count). The van der Waals surface area contributed by atoms with E-state index in [1.807, 2.05) is 19.1 Å². The van der Waals surface area contributed by atoms with Crippen LogP contribution < -0.4 is 5.32 Å². The number of aryl methyl sites for hydroxylation is 1. The molecule has 0 amide bonds. The second-order valence-corrected chi connectivity index (χ2v) is 5.85. The van der Waals surface area contributed by atoms with Gasteiger partial charge in [-0.2, -0.15) is 0 Å². The van der Waals surface area contributed by atoms with Crippen LogP contribution in [0.4, 0.5) is 5.69 Å². The minimum atomic E-state index is -0.200. The van der Waals surface area contributed by atoms with Crippen LogP contribution in [0.3, 0.4) is 0 Å². The average Bonchev–Trinajstić information content (AvgIpc) is 2.21. The van der Waals surface area contributed by atoms with Crippen LogP contribution in [0, 0.1) is 12.3 Å². The molecule has 0 saturated heterocycles. The summed E-state index contributed by atoms with van der Waals surface area (Å²) in [4.78, 5) is 4.34. The molecule has 0 aromatic carbocycles. The lowest BCUT2D eigenvalue weighted by Crippen LogP contribution is -2.57. The van der Waals surface area contributed by atoms with E-state index in [4.69, 9.17) is 0 Å². The van der Waals surface area contributed by atoms with Crippen LogP contribution in [0.15, 0.2) is 16.7 Å². The minimum absolute atomic E-state index is 0.0560. The lowest BCUT2D eigenvalue weighted by molar-refractivity contribution is -0.0510. The van der Waals surface area contributed by atoms with Gasteiger partial charge in [0.15, 0.2) is 0 Å². The zero-order chi connectivity index (χ0) is 11.9. The second kappa shape index (κ2) is 4.00. The van der Waals surface area contributed by atoms with E-state index < -0.39 is 0 Å². The Kier molecular flexibility index (Phi) is 2.97. The molecular weight excluding hydrogens is 268 g/mol. The van der Waals surface area contributed by atoms with Gasteiger partial charge in [-0.3, -0.25) is 0 Å². The monoisotopic (exact) mass is 284 g/mol. The molecule has 0 aliphatic heterocycles. The molecule has 0 spiro atoms. The van der Waals surface area contributed by atoms with E-state index in [9.17, 15) is 5.11 Å². The van der Waals surface area contributed by atoms with Gasteiger partial charge in [-0.25, -0.2) is 4.98 Å². The molecule has 1 saturated carbocycles. The van der Waals surface area contributed by atoms with E-state index in [0.29, 0.717) is 6.04 Å². The Bertz CT molecular complexity index is 406. The summed E-state index contributed by atoms with van der Waals surface area (Å²) in [6, 6.07) is 4.27. The van der Waals surface area contributed by atoms with Crippen molar-refractivity contribution >= 4 is 21.6 Å². The first-order valence-electron chi connectivity index (χ1n) is 5.49. The van der Waals surface area contributed by atoms with Crippen molar-refractivity contribution < 1.29 is 5.11 Å². The zero-order valence-electron chi connectivity index (χ0n) is 9.79. The highest BCUT2D eigenvalue weighted by Crippen LogP contribution is 2.42. The van der Waals surface area contributed by atoms with Crippen molar-refractivity contribution in [1.29, 1.82) is 0 Å². The van der Waals surface area contributed by atoms with Crippen molar-refractivity contribution in [3.63, 3.8) is 0 Å². The molecule has 1 heterocycles. The Labute approximate surface area is 104 Å². The molecule has 2 atom stereocenters. The number of anilines is 1. The van der Waals surface area contributed by atoms with Crippen molar-refractivity contribution in [3.8, 4) is 0 Å². The van der Waals surface area contributed by atoms with E-state index in [-0.39, 0.29) is 11.5 Å². The fraction of sp³-hybridized carbons (Fsp3) is 0.583. The number of nitrogens with zero attached hydrogens (tertiary/aromatic N) is 1. The van der Waals surface area contributed by atoms with Gasteiger partial charge in [0.05, 0.1) is 17.5 Å². The number of aliphatic hydroxyl groups excluding tert-OH is 1. The Balaban J connectivity index is 2.11. The molecule has 16 heavy (non-hydrogen) atoms. The van der Waals surface area contributed by atoms with Gasteiger partial charge in [0.1, 0.15) is 4.60 Å². The summed E-state index contributed by atoms with van der Waals surface area (Å²) in [6.45, 7) is 6.15. The molecule has 1 aromatic heterocycles. The number of nitrogens with one attached hydrogen (secondary N) is 1. The third-order valence-electron chi connectivity index (χ3n) is 3.60. The van der Waals surface area contributed by atoms with Gasteiger partial charge in [0.2, 0.25) is 0 Å². The molecule has 4 heteroatoms. The van der Waals surface area contributed by atoms with Gasteiger partial charge in [-0.1, -0.05) is 13.8 Å². The van der Waals surface area contributed by atoms with Crippen molar-refractivity contribution in [2.24, 2.45) is 5.41 Å². The third-order valence-corrected chi connectivity index (χ3v) is 4.04. The number of rotatable bonds is 2. The van der Waals surface area contributed by atoms with Crippen molar-refractivity contribution in [3.05, 3.63) is 22.4 Å². The highest BCUT2D eigenvalue weighted by atomic mass is 79.9. The van der Waals surface area contributed by atoms with Crippen LogP contribution in [0.2, 0.25) is 0 Å². The van der Waals surface area contributed by atoms with Gasteiger partial charge in [-0.05, 0) is 41.4 Å². The molecule has 0 bridgehead atoms. The zero-order valence-corrected chi connectivity index (χ0v) is 11.4. The second-order valence-electron chi connectivity index (χ2n) is 5.04. The summed E-state index contributed by atoms with van der Waals surface area (Å²) in [5.41, 5.74) is 1.97. The standard InChI is InChI=1S/C12H17BrN2O/c1-7-8(4-5-11(13)14-7)15-9-6-10(16)12(9,2)3/h4-5,9-10,15-16H,6H2,1-3H3. The summed E-state index contributed by atoms with van der Waals surface area (Å²) in [5, 5.41) is 13.1. The van der Waals surface area contributed by atoms with E-state index in [2.05, 4.69) is 40.1 Å². The lowest BCUT2D eigenvalue weighted by Gasteiger charge is -2.50. The first-order valence-corrected chi connectivity index (χ1v) is 6.28. The number of aliphatic hydroxyl groups is 1. The van der Waals surface area contributed by atoms with Gasteiger partial charge >= 0.3 is 0 Å². The predicted octanol–water partition coefficient (Wildman–Crippen LogP) is 2.72. The van der Waals surface area contributed by atoms with Crippen molar-refractivity contribution in [2.75, 3.05) is 5.32 Å². The van der Waals surface area contributed by atoms with Crippen molar-refractivity contribution in [2.45, 2.75) is 39.3 Å². The maximum absolute atomic E-state index is 9.67. The molecule has 88 valence electrons. The van der Waals surface area contributed by atoms with Crippen LogP contribution in [0.25, 0.3) is 0 Å². The number of hydrogen-bond acceptors (Lipinski definition) is 3. The summed E-state index contributed by atoms with van der Waals surface area (Å²) < 4.78 is 0.850. The molecule has 1 fully saturated rings. The third kappa shape index (κ3) is 1.96. The van der Waals surface area contributed by atoms with Gasteiger partial charge in [0.25, 0.3) is 0 Å². The van der Waals surface area contributed by atoms with Crippen molar-refractivity contribution in [1.82, 2.24) is 4.98 Å². The molecule has 1 aromatic rings. The summed E-state index contributed by atoms with van der Waals surface area (Å²) in [5.74, 6) is 0. The Morgan fingerprint density at radius 3 is 2.69 bits per heavy atom. The minimum Gasteiger partial charge on any atom is -0.392 e. The first kappa shape index (κ1) is 11.9. The molecule has 1 aliphatic rings. The highest BCUT2D eigenvalue weighted by molar-refractivity contribution is 9.10. The Morgan fingerprint density at radius 2 is 2.19 bits per heavy atom. The topological polar surface area (TPSA) is 45.2 Å². The quantitative estimate of drug-likeness (QED) is 0.821. The number of pyridine rings is 1. The van der Waals surface area contributed by atoms with Crippen LogP contribution in [-0.2, 0) is 0 Å². The van der Waals surface area contributed by atoms with Crippen LogP contribution >= 0.6 is 15.9 Å². The smallest absolute Gasteiger partial charge is 0.106 e. The fourth-order valence-electron chi connectivity index (χ4n) is 2.02. The van der Waals surface area contributed by atoms with E-state index in [0.717, 1.165) is 22.4 Å². The van der Waals surface area contributed by atoms with Crippen LogP contribution in [0.1, 0.15) is 26.0 Å². The van der Waals surface area contributed by atoms with Gasteiger partial charge in [-0.15, -0.1) is 0 Å². The highest BCUT2D eigenvalue weighted by Gasteiger charge is 2.47. The molecular formula is C12H17BrN2O. The lowest BCUT2D eigenvalue weighted by atomic mass is 9.64. The number of halogens is 1. The average molecular weight is 285 g/mol. The van der Waals surface area contributed by atoms with E-state index in [1.54, 1.807) is 0 Å². The molecule has 3 nitrogen and oxygen atoms in total. The fourth-order valence-corrected chi connectivity index (χ4v) is 2.42. The maximum Gasteiger partial charge on any atom is 0.106 e. The van der Waals surface area contributed by atoms with Crippen LogP contribution in [-0.4, -0.2) is 22.2 Å². The van der Waals surface area contributed by atoms with E-state index >= 15 is 0 Å². The molecule has 2 N–H and O–H groups in total. The predicted molar refractivity (Wildman–Crippen MR) is 68.5 cm³/mol. The largest absolute Gasteiger partial charge is 0.392 e. The Hall–Kier alpha value is -0.610. The molecule has 1 aliphatic carbocycles. The number of aromatic nitrogens is 1. The SMILES string of the molecule is Cc1nc(Br)ccc1NC1CC(O)C1(C)C. The Morgan fingerprint density at radius 1 is 1.50 bits per heavy atom. The summed E-state index contributed by atoms with van der Waals surface area (Å²) in [7, 11) is 0. The van der Waals surface area contributed by atoms with E-state index in [1.165, 1.54) is 0 Å². The maximum atomic E-state index is 9.67. The van der Waals surface area contributed by atoms with Gasteiger partial charge < -0.3 is 10.4 Å². The molecule has 2 unspecified atom stereocenters. The molecule has 0 radical (unpaired) electrons. The first-order chi connectivity index (χ1) is 7.41. The summed E-state index contributed by atoms with van der Waals surface area (Å²) in [6.07, 6.45) is 0.608. The van der Waals surface area contributed by atoms with Gasteiger partial charge in [0, 0.05) is 11.5 Å².